The van der Waals surface area contributed by atoms with Gasteiger partial charge in [0.1, 0.15) is 0 Å². The highest BCUT2D eigenvalue weighted by Crippen LogP contribution is 2.22. The molecule has 0 unspecified atom stereocenters. The first kappa shape index (κ1) is 11.2. The molecule has 3 nitrogen and oxygen atoms in total. The van der Waals surface area contributed by atoms with E-state index in [2.05, 4.69) is 6.58 Å². The summed E-state index contributed by atoms with van der Waals surface area (Å²) in [6.45, 7) is 4.35. The average Bonchev–Trinajstić information content (AvgIpc) is 2.70. The largest absolute Gasteiger partial charge is 0.343 e. The maximum atomic E-state index is 11.8. The highest BCUT2D eigenvalue weighted by Gasteiger charge is 2.13. The van der Waals surface area contributed by atoms with Crippen LogP contribution in [0.3, 0.4) is 0 Å². The Morgan fingerprint density at radius 1 is 1.47 bits per heavy atom. The first-order chi connectivity index (χ1) is 8.27. The molecule has 0 fully saturated rings. The highest BCUT2D eigenvalue weighted by atomic mass is 16.1. The average molecular weight is 224 g/mol. The second-order valence-electron chi connectivity index (χ2n) is 3.76. The van der Waals surface area contributed by atoms with Gasteiger partial charge in [-0.15, -0.1) is 6.58 Å². The second kappa shape index (κ2) is 4.67. The minimum absolute atomic E-state index is 0.0813. The SMILES string of the molecule is C=CCn1cc(C(=O)CC#N)c2ccccc21. The topological polar surface area (TPSA) is 45.8 Å². The maximum Gasteiger partial charge on any atom is 0.179 e. The van der Waals surface area contributed by atoms with E-state index in [-0.39, 0.29) is 12.2 Å². The molecule has 0 spiro atoms. The Morgan fingerprint density at radius 3 is 2.94 bits per heavy atom. The van der Waals surface area contributed by atoms with Crippen LogP contribution in [0.4, 0.5) is 0 Å². The van der Waals surface area contributed by atoms with E-state index in [0.29, 0.717) is 12.1 Å². The smallest absolute Gasteiger partial charge is 0.179 e. The van der Waals surface area contributed by atoms with E-state index < -0.39 is 0 Å². The minimum Gasteiger partial charge on any atom is -0.343 e. The van der Waals surface area contributed by atoms with Gasteiger partial charge in [0.25, 0.3) is 0 Å². The molecule has 3 heteroatoms. The number of rotatable bonds is 4. The lowest BCUT2D eigenvalue weighted by Gasteiger charge is -1.98. The lowest BCUT2D eigenvalue weighted by Crippen LogP contribution is -1.96. The van der Waals surface area contributed by atoms with E-state index in [0.717, 1.165) is 10.9 Å². The molecule has 2 aromatic rings. The van der Waals surface area contributed by atoms with E-state index in [4.69, 9.17) is 5.26 Å². The number of hydrogen-bond donors (Lipinski definition) is 0. The summed E-state index contributed by atoms with van der Waals surface area (Å²) in [6.07, 6.45) is 3.50. The van der Waals surface area contributed by atoms with Crippen LogP contribution in [0.2, 0.25) is 0 Å². The number of nitriles is 1. The van der Waals surface area contributed by atoms with E-state index in [1.807, 2.05) is 34.9 Å². The lowest BCUT2D eigenvalue weighted by atomic mass is 10.1. The summed E-state index contributed by atoms with van der Waals surface area (Å²) in [4.78, 5) is 11.8. The van der Waals surface area contributed by atoms with Crippen LogP contribution in [0.5, 0.6) is 0 Å². The third-order valence-electron chi connectivity index (χ3n) is 2.65. The second-order valence-corrected chi connectivity index (χ2v) is 3.76. The number of benzene rings is 1. The molecule has 2 rings (SSSR count). The molecular formula is C14H12N2O. The van der Waals surface area contributed by atoms with Gasteiger partial charge in [0, 0.05) is 29.2 Å². The molecule has 0 atom stereocenters. The van der Waals surface area contributed by atoms with Crippen molar-refractivity contribution in [3.63, 3.8) is 0 Å². The van der Waals surface area contributed by atoms with Gasteiger partial charge in [-0.1, -0.05) is 24.3 Å². The number of aromatic nitrogens is 1. The molecule has 0 aliphatic rings. The zero-order valence-corrected chi connectivity index (χ0v) is 9.39. The Balaban J connectivity index is 2.60. The molecule has 1 aromatic heterocycles. The molecule has 0 amide bonds. The number of Topliss-reactive ketones (excluding diaryl/α,β-unsaturated/α-hetero) is 1. The van der Waals surface area contributed by atoms with Gasteiger partial charge in [0.2, 0.25) is 0 Å². The summed E-state index contributed by atoms with van der Waals surface area (Å²) in [5.41, 5.74) is 1.61. The van der Waals surface area contributed by atoms with E-state index in [9.17, 15) is 4.79 Å². The van der Waals surface area contributed by atoms with Crippen LogP contribution in [0, 0.1) is 11.3 Å². The fourth-order valence-corrected chi connectivity index (χ4v) is 1.93. The molecule has 0 aliphatic heterocycles. The van der Waals surface area contributed by atoms with Gasteiger partial charge < -0.3 is 4.57 Å². The first-order valence-corrected chi connectivity index (χ1v) is 5.37. The van der Waals surface area contributed by atoms with Crippen LogP contribution in [0.25, 0.3) is 10.9 Å². The van der Waals surface area contributed by atoms with Gasteiger partial charge in [-0.25, -0.2) is 0 Å². The van der Waals surface area contributed by atoms with Crippen molar-refractivity contribution in [2.24, 2.45) is 0 Å². The van der Waals surface area contributed by atoms with Crippen molar-refractivity contribution in [2.45, 2.75) is 13.0 Å². The van der Waals surface area contributed by atoms with Gasteiger partial charge >= 0.3 is 0 Å². The number of carbonyl (C=O) groups excluding carboxylic acids is 1. The van der Waals surface area contributed by atoms with Crippen LogP contribution >= 0.6 is 0 Å². The number of ketones is 1. The molecular weight excluding hydrogens is 212 g/mol. The summed E-state index contributed by atoms with van der Waals surface area (Å²) in [7, 11) is 0. The normalized spacial score (nSPS) is 10.1. The lowest BCUT2D eigenvalue weighted by molar-refractivity contribution is 0.0999. The molecule has 1 heterocycles. The van der Waals surface area contributed by atoms with E-state index >= 15 is 0 Å². The minimum atomic E-state index is -0.133. The van der Waals surface area contributed by atoms with Crippen molar-refractivity contribution >= 4 is 16.7 Å². The van der Waals surface area contributed by atoms with Crippen LogP contribution in [0.15, 0.2) is 43.1 Å². The van der Waals surface area contributed by atoms with Crippen LogP contribution in [0.1, 0.15) is 16.8 Å². The summed E-state index contributed by atoms with van der Waals surface area (Å²) < 4.78 is 1.97. The predicted octanol–water partition coefficient (Wildman–Crippen LogP) is 2.92. The standard InChI is InChI=1S/C14H12N2O/c1-2-9-16-10-12(14(17)7-8-15)11-5-3-4-6-13(11)16/h2-6,10H,1,7,9H2. The van der Waals surface area contributed by atoms with Crippen molar-refractivity contribution in [3.05, 3.63) is 48.7 Å². The van der Waals surface area contributed by atoms with Crippen molar-refractivity contribution in [1.82, 2.24) is 4.57 Å². The molecule has 0 N–H and O–H groups in total. The Labute approximate surface area is 99.6 Å². The zero-order valence-electron chi connectivity index (χ0n) is 9.39. The van der Waals surface area contributed by atoms with Gasteiger partial charge in [0.15, 0.2) is 5.78 Å². The van der Waals surface area contributed by atoms with Crippen molar-refractivity contribution in [2.75, 3.05) is 0 Å². The highest BCUT2D eigenvalue weighted by molar-refractivity contribution is 6.08. The fourth-order valence-electron chi connectivity index (χ4n) is 1.93. The fraction of sp³-hybridized carbons (Fsp3) is 0.143. The maximum absolute atomic E-state index is 11.8. The Kier molecular flexibility index (Phi) is 3.06. The Bertz CT molecular complexity index is 617. The molecule has 0 radical (unpaired) electrons. The number of para-hydroxylation sites is 1. The Morgan fingerprint density at radius 2 is 2.24 bits per heavy atom. The number of nitrogens with zero attached hydrogens (tertiary/aromatic N) is 2. The van der Waals surface area contributed by atoms with Gasteiger partial charge in [-0.2, -0.15) is 5.26 Å². The molecule has 0 saturated heterocycles. The molecule has 0 bridgehead atoms. The molecule has 0 saturated carbocycles. The van der Waals surface area contributed by atoms with Crippen molar-refractivity contribution < 1.29 is 4.79 Å². The molecule has 1 aromatic carbocycles. The predicted molar refractivity (Wildman–Crippen MR) is 66.7 cm³/mol. The third-order valence-corrected chi connectivity index (χ3v) is 2.65. The van der Waals surface area contributed by atoms with Gasteiger partial charge in [-0.3, -0.25) is 4.79 Å². The monoisotopic (exact) mass is 224 g/mol. The number of hydrogen-bond acceptors (Lipinski definition) is 2. The van der Waals surface area contributed by atoms with Crippen molar-refractivity contribution in [1.29, 1.82) is 5.26 Å². The van der Waals surface area contributed by atoms with Crippen molar-refractivity contribution in [3.8, 4) is 6.07 Å². The van der Waals surface area contributed by atoms with Crippen LogP contribution in [-0.4, -0.2) is 10.4 Å². The van der Waals surface area contributed by atoms with Gasteiger partial charge in [-0.05, 0) is 6.07 Å². The third kappa shape index (κ3) is 1.98. The first-order valence-electron chi connectivity index (χ1n) is 5.37. The number of allylic oxidation sites excluding steroid dienone is 1. The number of carbonyl (C=O) groups is 1. The quantitative estimate of drug-likeness (QED) is 0.592. The van der Waals surface area contributed by atoms with Crippen LogP contribution < -0.4 is 0 Å². The van der Waals surface area contributed by atoms with Gasteiger partial charge in [0.05, 0.1) is 12.5 Å². The summed E-state index contributed by atoms with van der Waals surface area (Å²) in [5.74, 6) is -0.133. The number of fused-ring (bicyclic) bond motifs is 1. The molecule has 84 valence electrons. The summed E-state index contributed by atoms with van der Waals surface area (Å²) in [6, 6.07) is 9.58. The molecule has 0 aliphatic carbocycles. The Hall–Kier alpha value is -2.34. The van der Waals surface area contributed by atoms with E-state index in [1.165, 1.54) is 0 Å². The summed E-state index contributed by atoms with van der Waals surface area (Å²) >= 11 is 0. The zero-order chi connectivity index (χ0) is 12.3. The van der Waals surface area contributed by atoms with Crippen LogP contribution in [-0.2, 0) is 6.54 Å². The van der Waals surface area contributed by atoms with E-state index in [1.54, 1.807) is 12.3 Å². The molecule has 17 heavy (non-hydrogen) atoms. The summed E-state index contributed by atoms with van der Waals surface area (Å²) in [5, 5.41) is 9.48.